The van der Waals surface area contributed by atoms with E-state index < -0.39 is 0 Å². The van der Waals surface area contributed by atoms with Gasteiger partial charge in [-0.05, 0) is 111 Å². The van der Waals surface area contributed by atoms with Gasteiger partial charge in [-0.3, -0.25) is 0 Å². The molecule has 0 amide bonds. The molecule has 24 heavy (non-hydrogen) atoms. The maximum absolute atomic E-state index is 3.97. The van der Waals surface area contributed by atoms with E-state index in [-0.39, 0.29) is 0 Å². The second kappa shape index (κ2) is 6.65. The molecule has 0 heteroatoms. The van der Waals surface area contributed by atoms with Crippen molar-refractivity contribution in [3.8, 4) is 0 Å². The Bertz CT molecular complexity index is 486. The summed E-state index contributed by atoms with van der Waals surface area (Å²) in [6.07, 6.45) is 17.1. The second-order valence-electron chi connectivity index (χ2n) is 9.85. The molecule has 4 bridgehead atoms. The van der Waals surface area contributed by atoms with E-state index in [1.807, 2.05) is 0 Å². The Morgan fingerprint density at radius 3 is 2.29 bits per heavy atom. The number of allylic oxidation sites excluding steroid dienone is 3. The Morgan fingerprint density at radius 2 is 1.62 bits per heavy atom. The third-order valence-corrected chi connectivity index (χ3v) is 9.10. The van der Waals surface area contributed by atoms with Crippen LogP contribution in [0.25, 0.3) is 0 Å². The van der Waals surface area contributed by atoms with Gasteiger partial charge in [0.2, 0.25) is 0 Å². The van der Waals surface area contributed by atoms with Crippen molar-refractivity contribution in [1.29, 1.82) is 0 Å². The molecule has 4 fully saturated rings. The highest BCUT2D eigenvalue weighted by Crippen LogP contribution is 2.66. The van der Waals surface area contributed by atoms with Crippen LogP contribution in [0.4, 0.5) is 0 Å². The molecular weight excluding hydrogens is 288 g/mol. The smallest absolute Gasteiger partial charge is 0.0319 e. The van der Waals surface area contributed by atoms with Crippen molar-refractivity contribution in [1.82, 2.24) is 0 Å². The van der Waals surface area contributed by atoms with Crippen LogP contribution < -0.4 is 0 Å². The van der Waals surface area contributed by atoms with Crippen molar-refractivity contribution in [2.24, 2.45) is 59.2 Å². The van der Waals surface area contributed by atoms with Gasteiger partial charge in [0.15, 0.2) is 0 Å². The van der Waals surface area contributed by atoms with Crippen molar-refractivity contribution in [2.75, 3.05) is 0 Å². The largest absolute Gasteiger partial charge is 0.103 e. The molecule has 4 rings (SSSR count). The van der Waals surface area contributed by atoms with E-state index in [9.17, 15) is 0 Å². The summed E-state index contributed by atoms with van der Waals surface area (Å²) in [6, 6.07) is 0. The van der Waals surface area contributed by atoms with Crippen molar-refractivity contribution < 1.29 is 0 Å². The Balaban J connectivity index is 1.47. The van der Waals surface area contributed by atoms with Crippen LogP contribution in [0, 0.1) is 59.2 Å². The van der Waals surface area contributed by atoms with Gasteiger partial charge < -0.3 is 0 Å². The molecule has 0 aromatic heterocycles. The third-order valence-electron chi connectivity index (χ3n) is 9.10. The lowest BCUT2D eigenvalue weighted by Crippen LogP contribution is -2.39. The van der Waals surface area contributed by atoms with E-state index in [2.05, 4.69) is 45.6 Å². The lowest BCUT2D eigenvalue weighted by molar-refractivity contribution is 0.0353. The second-order valence-corrected chi connectivity index (χ2v) is 9.85. The average molecular weight is 327 g/mol. The number of hydrogen-bond acceptors (Lipinski definition) is 0. The maximum Gasteiger partial charge on any atom is -0.0319 e. The summed E-state index contributed by atoms with van der Waals surface area (Å²) < 4.78 is 0. The molecular formula is C24H38. The van der Waals surface area contributed by atoms with Crippen molar-refractivity contribution in [3.63, 3.8) is 0 Å². The van der Waals surface area contributed by atoms with E-state index in [1.165, 1.54) is 25.7 Å². The molecule has 0 nitrogen and oxygen atoms in total. The standard InChI is InChI=1S/C24H38/c1-5-7-9-17-12-20-14-21(17)16(4)23(20)24-15(3)19-11-18(10-8-6-2)22(24)13-19/h5-7,15-24H,2,8-14H2,1,3-4H3/b7-5+. The minimum atomic E-state index is 0.992. The van der Waals surface area contributed by atoms with Crippen LogP contribution >= 0.6 is 0 Å². The first-order valence-corrected chi connectivity index (χ1v) is 10.9. The predicted molar refractivity (Wildman–Crippen MR) is 104 cm³/mol. The summed E-state index contributed by atoms with van der Waals surface area (Å²) in [7, 11) is 0. The van der Waals surface area contributed by atoms with Crippen molar-refractivity contribution >= 4 is 0 Å². The van der Waals surface area contributed by atoms with Gasteiger partial charge in [0.1, 0.15) is 0 Å². The molecule has 10 unspecified atom stereocenters. The third kappa shape index (κ3) is 2.55. The molecule has 0 N–H and O–H groups in total. The fourth-order valence-corrected chi connectivity index (χ4v) is 8.23. The minimum Gasteiger partial charge on any atom is -0.103 e. The molecule has 0 radical (unpaired) electrons. The predicted octanol–water partition coefficient (Wildman–Crippen LogP) is 6.74. The van der Waals surface area contributed by atoms with Gasteiger partial charge in [-0.15, -0.1) is 6.58 Å². The molecule has 4 aliphatic carbocycles. The van der Waals surface area contributed by atoms with Gasteiger partial charge in [0, 0.05) is 0 Å². The van der Waals surface area contributed by atoms with Crippen molar-refractivity contribution in [3.05, 3.63) is 24.8 Å². The summed E-state index contributed by atoms with van der Waals surface area (Å²) in [5, 5.41) is 0. The van der Waals surface area contributed by atoms with Crippen LogP contribution in [0.5, 0.6) is 0 Å². The van der Waals surface area contributed by atoms with Gasteiger partial charge in [0.05, 0.1) is 0 Å². The quantitative estimate of drug-likeness (QED) is 0.474. The molecule has 0 spiro atoms. The van der Waals surface area contributed by atoms with Crippen molar-refractivity contribution in [2.45, 2.75) is 65.7 Å². The summed E-state index contributed by atoms with van der Waals surface area (Å²) in [5.74, 6) is 10.4. The summed E-state index contributed by atoms with van der Waals surface area (Å²) in [6.45, 7) is 11.4. The zero-order valence-electron chi connectivity index (χ0n) is 16.2. The Morgan fingerprint density at radius 1 is 0.875 bits per heavy atom. The van der Waals surface area contributed by atoms with Crippen LogP contribution in [0.1, 0.15) is 65.7 Å². The first kappa shape index (κ1) is 16.9. The highest BCUT2D eigenvalue weighted by atomic mass is 14.6. The molecule has 0 aliphatic heterocycles. The number of hydrogen-bond donors (Lipinski definition) is 0. The molecule has 10 atom stereocenters. The number of rotatable bonds is 6. The zero-order valence-corrected chi connectivity index (χ0v) is 16.2. The molecule has 4 aliphatic rings. The van der Waals surface area contributed by atoms with Crippen LogP contribution in [-0.2, 0) is 0 Å². The SMILES string of the molecule is C=CCCC1CC2CC1C(C1C3CC(C/C=C/C)C(C3)C1C)C2C. The average Bonchev–Trinajstić information content (AvgIpc) is 3.30. The fraction of sp³-hybridized carbons (Fsp3) is 0.833. The van der Waals surface area contributed by atoms with E-state index in [4.69, 9.17) is 0 Å². The Labute approximate surface area is 150 Å². The summed E-state index contributed by atoms with van der Waals surface area (Å²) in [4.78, 5) is 0. The lowest BCUT2D eigenvalue weighted by Gasteiger charge is -2.45. The normalized spacial score (nSPS) is 52.6. The maximum atomic E-state index is 3.97. The van der Waals surface area contributed by atoms with E-state index in [1.54, 1.807) is 19.3 Å². The molecule has 134 valence electrons. The first-order valence-electron chi connectivity index (χ1n) is 10.9. The fourth-order valence-electron chi connectivity index (χ4n) is 8.23. The minimum absolute atomic E-state index is 0.992. The lowest BCUT2D eigenvalue weighted by atomic mass is 9.60. The van der Waals surface area contributed by atoms with Crippen LogP contribution in [-0.4, -0.2) is 0 Å². The van der Waals surface area contributed by atoms with Gasteiger partial charge in [0.25, 0.3) is 0 Å². The molecule has 0 saturated heterocycles. The zero-order chi connectivity index (χ0) is 16.8. The van der Waals surface area contributed by atoms with Gasteiger partial charge in [-0.1, -0.05) is 32.1 Å². The summed E-state index contributed by atoms with van der Waals surface area (Å²) in [5.41, 5.74) is 0. The van der Waals surface area contributed by atoms with E-state index in [0.717, 1.165) is 59.2 Å². The molecule has 0 aromatic rings. The topological polar surface area (TPSA) is 0 Å². The molecule has 4 saturated carbocycles. The molecule has 0 aromatic carbocycles. The Hall–Kier alpha value is -0.520. The van der Waals surface area contributed by atoms with Gasteiger partial charge >= 0.3 is 0 Å². The highest BCUT2D eigenvalue weighted by Gasteiger charge is 2.59. The van der Waals surface area contributed by atoms with E-state index in [0.29, 0.717) is 0 Å². The van der Waals surface area contributed by atoms with Gasteiger partial charge in [-0.25, -0.2) is 0 Å². The Kier molecular flexibility index (Phi) is 4.69. The number of fused-ring (bicyclic) bond motifs is 4. The monoisotopic (exact) mass is 326 g/mol. The van der Waals surface area contributed by atoms with Crippen LogP contribution in [0.2, 0.25) is 0 Å². The van der Waals surface area contributed by atoms with E-state index >= 15 is 0 Å². The van der Waals surface area contributed by atoms with Gasteiger partial charge in [-0.2, -0.15) is 0 Å². The first-order chi connectivity index (χ1) is 11.7. The van der Waals surface area contributed by atoms with Crippen LogP contribution in [0.3, 0.4) is 0 Å². The highest BCUT2D eigenvalue weighted by molar-refractivity contribution is 5.09. The summed E-state index contributed by atoms with van der Waals surface area (Å²) >= 11 is 0. The van der Waals surface area contributed by atoms with Crippen LogP contribution in [0.15, 0.2) is 24.8 Å². The molecule has 0 heterocycles.